The molecule has 1 saturated heterocycles. The Labute approximate surface area is 225 Å². The summed E-state index contributed by atoms with van der Waals surface area (Å²) in [6, 6.07) is 11.6. The van der Waals surface area contributed by atoms with Crippen LogP contribution in [0.5, 0.6) is 17.2 Å². The maximum Gasteiger partial charge on any atom is 0.295 e. The Kier molecular flexibility index (Phi) is 10.6. The summed E-state index contributed by atoms with van der Waals surface area (Å²) in [6.45, 7) is 9.54. The molecule has 3 rings (SSSR count). The lowest BCUT2D eigenvalue weighted by Crippen LogP contribution is -2.38. The van der Waals surface area contributed by atoms with Crippen molar-refractivity contribution in [2.45, 2.75) is 46.1 Å². The second-order valence-corrected chi connectivity index (χ2v) is 9.21. The summed E-state index contributed by atoms with van der Waals surface area (Å²) < 4.78 is 16.5. The number of likely N-dealkylation sites (N-methyl/N-ethyl adjacent to an activating group) is 1. The predicted octanol–water partition coefficient (Wildman–Crippen LogP) is 5.04. The molecule has 0 radical (unpaired) electrons. The molecule has 1 heterocycles. The molecule has 8 nitrogen and oxygen atoms in total. The molecule has 206 valence electrons. The van der Waals surface area contributed by atoms with Crippen molar-refractivity contribution in [2.75, 3.05) is 47.0 Å². The molecule has 1 fully saturated rings. The first-order chi connectivity index (χ1) is 18.4. The highest BCUT2D eigenvalue weighted by molar-refractivity contribution is 6.46. The Balaban J connectivity index is 2.03. The third-order valence-corrected chi connectivity index (χ3v) is 6.96. The smallest absolute Gasteiger partial charge is 0.295 e. The van der Waals surface area contributed by atoms with Crippen LogP contribution in [-0.2, 0) is 9.59 Å². The van der Waals surface area contributed by atoms with Crippen LogP contribution in [0.4, 0.5) is 0 Å². The Hall–Kier alpha value is -3.52. The van der Waals surface area contributed by atoms with E-state index in [2.05, 4.69) is 25.7 Å². The third kappa shape index (κ3) is 6.48. The fourth-order valence-electron chi connectivity index (χ4n) is 4.67. The predicted molar refractivity (Wildman–Crippen MR) is 148 cm³/mol. The highest BCUT2D eigenvalue weighted by atomic mass is 16.5. The van der Waals surface area contributed by atoms with Crippen molar-refractivity contribution in [2.24, 2.45) is 0 Å². The average molecular weight is 525 g/mol. The number of amides is 1. The lowest BCUT2D eigenvalue weighted by Gasteiger charge is -2.28. The van der Waals surface area contributed by atoms with Crippen LogP contribution in [0.2, 0.25) is 0 Å². The van der Waals surface area contributed by atoms with Crippen LogP contribution in [0.15, 0.2) is 48.0 Å². The summed E-state index contributed by atoms with van der Waals surface area (Å²) in [7, 11) is 3.02. The summed E-state index contributed by atoms with van der Waals surface area (Å²) in [5.41, 5.74) is 1.15. The van der Waals surface area contributed by atoms with Crippen LogP contribution in [0.3, 0.4) is 0 Å². The number of Topliss-reactive ketones (excluding diaryl/α,β-unsaturated/α-hetero) is 1. The van der Waals surface area contributed by atoms with Crippen molar-refractivity contribution in [3.05, 3.63) is 59.2 Å². The number of carbonyl (C=O) groups excluding carboxylic acids is 2. The third-order valence-electron chi connectivity index (χ3n) is 6.96. The second-order valence-electron chi connectivity index (χ2n) is 9.21. The quantitative estimate of drug-likeness (QED) is 0.160. The minimum absolute atomic E-state index is 0.0541. The maximum absolute atomic E-state index is 13.3. The molecule has 0 bridgehead atoms. The number of unbranched alkanes of at least 4 members (excludes halogenated alkanes) is 2. The van der Waals surface area contributed by atoms with Gasteiger partial charge in [0.1, 0.15) is 11.5 Å². The van der Waals surface area contributed by atoms with Gasteiger partial charge in [-0.2, -0.15) is 0 Å². The van der Waals surface area contributed by atoms with Crippen molar-refractivity contribution in [3.63, 3.8) is 0 Å². The zero-order valence-corrected chi connectivity index (χ0v) is 23.2. The number of rotatable bonds is 14. The summed E-state index contributed by atoms with van der Waals surface area (Å²) in [6.07, 6.45) is 3.21. The highest BCUT2D eigenvalue weighted by Gasteiger charge is 2.46. The van der Waals surface area contributed by atoms with Crippen LogP contribution < -0.4 is 14.2 Å². The number of benzene rings is 2. The van der Waals surface area contributed by atoms with Gasteiger partial charge in [0.05, 0.1) is 32.4 Å². The molecule has 2 aromatic rings. The summed E-state index contributed by atoms with van der Waals surface area (Å²) in [4.78, 5) is 30.4. The van der Waals surface area contributed by atoms with Crippen molar-refractivity contribution in [3.8, 4) is 17.2 Å². The molecule has 1 aliphatic heterocycles. The van der Waals surface area contributed by atoms with Crippen molar-refractivity contribution in [1.29, 1.82) is 0 Å². The molecule has 0 saturated carbocycles. The number of carbonyl (C=O) groups is 2. The fourth-order valence-corrected chi connectivity index (χ4v) is 4.67. The molecule has 0 aromatic heterocycles. The van der Waals surface area contributed by atoms with E-state index in [4.69, 9.17) is 14.2 Å². The first-order valence-corrected chi connectivity index (χ1v) is 13.4. The van der Waals surface area contributed by atoms with Crippen LogP contribution in [0.25, 0.3) is 5.76 Å². The van der Waals surface area contributed by atoms with Gasteiger partial charge in [-0.25, -0.2) is 0 Å². The lowest BCUT2D eigenvalue weighted by molar-refractivity contribution is -0.140. The van der Waals surface area contributed by atoms with Gasteiger partial charge in [0.2, 0.25) is 0 Å². The molecular formula is C30H40N2O6. The Morgan fingerprint density at radius 1 is 0.947 bits per heavy atom. The van der Waals surface area contributed by atoms with Gasteiger partial charge in [-0.1, -0.05) is 45.7 Å². The van der Waals surface area contributed by atoms with Gasteiger partial charge in [-0.15, -0.1) is 0 Å². The Morgan fingerprint density at radius 3 is 2.24 bits per heavy atom. The largest absolute Gasteiger partial charge is 0.507 e. The van der Waals surface area contributed by atoms with Gasteiger partial charge in [-0.05, 0) is 55.4 Å². The lowest BCUT2D eigenvalue weighted by atomic mass is 9.95. The average Bonchev–Trinajstić information content (AvgIpc) is 3.20. The zero-order valence-electron chi connectivity index (χ0n) is 23.2. The molecule has 1 aliphatic rings. The van der Waals surface area contributed by atoms with Gasteiger partial charge >= 0.3 is 0 Å². The van der Waals surface area contributed by atoms with E-state index in [-0.39, 0.29) is 11.3 Å². The van der Waals surface area contributed by atoms with Crippen LogP contribution in [0.1, 0.15) is 57.2 Å². The highest BCUT2D eigenvalue weighted by Crippen LogP contribution is 2.41. The van der Waals surface area contributed by atoms with Gasteiger partial charge < -0.3 is 29.1 Å². The van der Waals surface area contributed by atoms with Crippen molar-refractivity contribution in [1.82, 2.24) is 9.80 Å². The van der Waals surface area contributed by atoms with E-state index >= 15 is 0 Å². The topological polar surface area (TPSA) is 88.5 Å². The fraction of sp³-hybridized carbons (Fsp3) is 0.467. The molecule has 1 unspecified atom stereocenters. The molecule has 1 N–H and O–H groups in total. The number of likely N-dealkylation sites (tertiary alicyclic amines) is 1. The van der Waals surface area contributed by atoms with Crippen molar-refractivity contribution < 1.29 is 28.9 Å². The number of hydrogen-bond acceptors (Lipinski definition) is 7. The van der Waals surface area contributed by atoms with E-state index in [1.807, 2.05) is 24.3 Å². The summed E-state index contributed by atoms with van der Waals surface area (Å²) in [5.74, 6) is 0.0541. The van der Waals surface area contributed by atoms with E-state index in [1.54, 1.807) is 23.1 Å². The number of nitrogens with zero attached hydrogens (tertiary/aromatic N) is 2. The monoisotopic (exact) mass is 524 g/mol. The molecule has 0 aliphatic carbocycles. The van der Waals surface area contributed by atoms with E-state index < -0.39 is 17.7 Å². The van der Waals surface area contributed by atoms with Crippen molar-refractivity contribution >= 4 is 17.4 Å². The zero-order chi connectivity index (χ0) is 27.7. The minimum atomic E-state index is -0.729. The normalized spacial score (nSPS) is 16.8. The first kappa shape index (κ1) is 29.0. The summed E-state index contributed by atoms with van der Waals surface area (Å²) in [5, 5.41) is 11.4. The molecule has 8 heteroatoms. The van der Waals surface area contributed by atoms with E-state index in [9.17, 15) is 14.7 Å². The van der Waals surface area contributed by atoms with Crippen LogP contribution in [0, 0.1) is 0 Å². The standard InChI is InChI=1S/C30H40N2O6/c1-6-9-10-19-38-23-14-11-21(12-15-23)27-26(28(33)22-13-16-24(36-4)25(20-22)37-5)29(34)30(35)32(27)18-17-31(7-2)8-3/h11-16,20,27,33H,6-10,17-19H2,1-5H3. The Bertz CT molecular complexity index is 1120. The SMILES string of the molecule is CCCCCOc1ccc(C2C(=C(O)c3ccc(OC)c(OC)c3)C(=O)C(=O)N2CCN(CC)CC)cc1. The second kappa shape index (κ2) is 13.9. The molecule has 1 amide bonds. The van der Waals surface area contributed by atoms with Gasteiger partial charge in [0, 0.05) is 18.7 Å². The van der Waals surface area contributed by atoms with Crippen LogP contribution in [-0.4, -0.2) is 73.6 Å². The Morgan fingerprint density at radius 2 is 1.63 bits per heavy atom. The van der Waals surface area contributed by atoms with E-state index in [0.29, 0.717) is 36.8 Å². The number of hydrogen-bond donors (Lipinski definition) is 1. The molecule has 38 heavy (non-hydrogen) atoms. The molecule has 2 aromatic carbocycles. The first-order valence-electron chi connectivity index (χ1n) is 13.4. The van der Waals surface area contributed by atoms with Gasteiger partial charge in [-0.3, -0.25) is 9.59 Å². The molecule has 1 atom stereocenters. The summed E-state index contributed by atoms with van der Waals surface area (Å²) >= 11 is 0. The van der Waals surface area contributed by atoms with Gasteiger partial charge in [0.15, 0.2) is 11.5 Å². The van der Waals surface area contributed by atoms with E-state index in [0.717, 1.165) is 43.7 Å². The number of methoxy groups -OCH3 is 2. The van der Waals surface area contributed by atoms with Gasteiger partial charge in [0.25, 0.3) is 11.7 Å². The maximum atomic E-state index is 13.3. The minimum Gasteiger partial charge on any atom is -0.507 e. The number of ketones is 1. The molecule has 0 spiro atoms. The number of aliphatic hydroxyl groups is 1. The number of ether oxygens (including phenoxy) is 3. The molecular weight excluding hydrogens is 484 g/mol. The van der Waals surface area contributed by atoms with E-state index in [1.165, 1.54) is 14.2 Å². The van der Waals surface area contributed by atoms with Crippen LogP contribution >= 0.6 is 0 Å². The number of aliphatic hydroxyl groups excluding tert-OH is 1.